The molecule has 10 nitrogen and oxygen atoms in total. The third-order valence-corrected chi connectivity index (χ3v) is 7.67. The molecule has 190 valence electrons. The van der Waals surface area contributed by atoms with Gasteiger partial charge in [0.2, 0.25) is 11.8 Å². The number of nitrogens with one attached hydrogen (secondary N) is 2. The highest BCUT2D eigenvalue weighted by Crippen LogP contribution is 2.36. The van der Waals surface area contributed by atoms with Crippen LogP contribution in [-0.2, 0) is 9.53 Å². The number of aromatic nitrogens is 3. The zero-order chi connectivity index (χ0) is 25.1. The second-order valence-corrected chi connectivity index (χ2v) is 10.3. The standard InChI is InChI=1S/C27H29N7O3/c1-28-25-20-9-29-24(32-26(35)15-3-4-15)8-19(20)21(10-30-25)27-31-22-7-16(5-6-23(22)37-27)34-11-17-14-36-18(13-34)12-33(17)2/h5-10,15,17-18H,3-4,11-14H2,1-2H3,(H,28,30)(H,29,32,35). The molecule has 1 aliphatic carbocycles. The number of pyridine rings is 2. The first-order chi connectivity index (χ1) is 18.1. The lowest BCUT2D eigenvalue weighted by molar-refractivity contribution is -0.117. The largest absolute Gasteiger partial charge is 0.436 e. The molecule has 3 aromatic heterocycles. The fourth-order valence-corrected chi connectivity index (χ4v) is 5.36. The molecule has 2 bridgehead atoms. The van der Waals surface area contributed by atoms with Crippen LogP contribution in [0.15, 0.2) is 41.1 Å². The summed E-state index contributed by atoms with van der Waals surface area (Å²) < 4.78 is 12.2. The van der Waals surface area contributed by atoms with E-state index in [0.29, 0.717) is 29.2 Å². The van der Waals surface area contributed by atoms with Gasteiger partial charge >= 0.3 is 0 Å². The van der Waals surface area contributed by atoms with Crippen LogP contribution in [0.5, 0.6) is 0 Å². The molecule has 1 saturated carbocycles. The van der Waals surface area contributed by atoms with E-state index in [1.807, 2.05) is 19.2 Å². The van der Waals surface area contributed by atoms with Crippen molar-refractivity contribution in [2.75, 3.05) is 55.9 Å². The smallest absolute Gasteiger partial charge is 0.229 e. The number of carbonyl (C=O) groups excluding carboxylic acids is 1. The van der Waals surface area contributed by atoms with Gasteiger partial charge in [0.05, 0.1) is 24.3 Å². The number of morpholine rings is 1. The first-order valence-electron chi connectivity index (χ1n) is 12.8. The molecule has 2 unspecified atom stereocenters. The van der Waals surface area contributed by atoms with E-state index in [0.717, 1.165) is 66.6 Å². The number of nitrogens with zero attached hydrogens (tertiary/aromatic N) is 5. The lowest BCUT2D eigenvalue weighted by Crippen LogP contribution is -2.46. The number of likely N-dealkylation sites (N-methyl/N-ethyl adjacent to an activating group) is 1. The van der Waals surface area contributed by atoms with Gasteiger partial charge in [0.15, 0.2) is 5.58 Å². The fraction of sp³-hybridized carbons (Fsp3) is 0.407. The average molecular weight is 500 g/mol. The van der Waals surface area contributed by atoms with E-state index in [2.05, 4.69) is 49.6 Å². The second-order valence-electron chi connectivity index (χ2n) is 10.3. The Morgan fingerprint density at radius 3 is 2.78 bits per heavy atom. The number of anilines is 3. The van der Waals surface area contributed by atoms with Crippen LogP contribution in [0.3, 0.4) is 0 Å². The molecule has 8 rings (SSSR count). The van der Waals surface area contributed by atoms with Crippen molar-refractivity contribution in [3.05, 3.63) is 36.7 Å². The minimum absolute atomic E-state index is 0.0178. The summed E-state index contributed by atoms with van der Waals surface area (Å²) >= 11 is 0. The summed E-state index contributed by atoms with van der Waals surface area (Å²) in [6, 6.07) is 8.43. The number of fused-ring (bicyclic) bond motifs is 6. The molecule has 1 amide bonds. The van der Waals surface area contributed by atoms with Crippen molar-refractivity contribution in [2.45, 2.75) is 25.0 Å². The van der Waals surface area contributed by atoms with E-state index < -0.39 is 0 Å². The maximum Gasteiger partial charge on any atom is 0.229 e. The Balaban J connectivity index is 1.26. The molecule has 0 spiro atoms. The lowest BCUT2D eigenvalue weighted by Gasteiger charge is -2.32. The number of rotatable bonds is 5. The normalized spacial score (nSPS) is 21.9. The van der Waals surface area contributed by atoms with Crippen molar-refractivity contribution >= 4 is 45.1 Å². The van der Waals surface area contributed by atoms with Gasteiger partial charge in [-0.15, -0.1) is 0 Å². The van der Waals surface area contributed by atoms with Crippen LogP contribution >= 0.6 is 0 Å². The molecule has 6 heterocycles. The molecule has 0 radical (unpaired) electrons. The van der Waals surface area contributed by atoms with Crippen LogP contribution in [0.2, 0.25) is 0 Å². The molecular formula is C27H29N7O3. The predicted molar refractivity (Wildman–Crippen MR) is 142 cm³/mol. The Hall–Kier alpha value is -3.76. The number of carbonyl (C=O) groups is 1. The third-order valence-electron chi connectivity index (χ3n) is 7.67. The highest BCUT2D eigenvalue weighted by Gasteiger charge is 2.34. The summed E-state index contributed by atoms with van der Waals surface area (Å²) in [6.07, 6.45) is 5.57. The van der Waals surface area contributed by atoms with Crippen LogP contribution in [0.4, 0.5) is 17.3 Å². The molecule has 10 heteroatoms. The van der Waals surface area contributed by atoms with E-state index in [9.17, 15) is 4.79 Å². The van der Waals surface area contributed by atoms with Crippen LogP contribution in [0.25, 0.3) is 33.3 Å². The zero-order valence-corrected chi connectivity index (χ0v) is 20.9. The average Bonchev–Trinajstić information content (AvgIpc) is 3.72. The number of hydrogen-bond acceptors (Lipinski definition) is 9. The van der Waals surface area contributed by atoms with Gasteiger partial charge in [-0.25, -0.2) is 15.0 Å². The molecule has 2 N–H and O–H groups in total. The summed E-state index contributed by atoms with van der Waals surface area (Å²) in [4.78, 5) is 31.0. The first kappa shape index (κ1) is 22.4. The van der Waals surface area contributed by atoms with Crippen molar-refractivity contribution in [3.8, 4) is 11.5 Å². The predicted octanol–water partition coefficient (Wildman–Crippen LogP) is 3.35. The van der Waals surface area contributed by atoms with Crippen molar-refractivity contribution in [2.24, 2.45) is 5.92 Å². The van der Waals surface area contributed by atoms with E-state index in [4.69, 9.17) is 14.1 Å². The molecule has 2 atom stereocenters. The van der Waals surface area contributed by atoms with E-state index >= 15 is 0 Å². The number of hydrogen-bond donors (Lipinski definition) is 2. The van der Waals surface area contributed by atoms with Gasteiger partial charge in [-0.2, -0.15) is 0 Å². The van der Waals surface area contributed by atoms with Crippen LogP contribution < -0.4 is 15.5 Å². The SMILES string of the molecule is CNc1ncc(-c2nc3cc(N4CC5CN(C)C(CO5)C4)ccc3o2)c2cc(NC(=O)C3CC3)ncc12. The van der Waals surface area contributed by atoms with Crippen molar-refractivity contribution in [1.29, 1.82) is 0 Å². The van der Waals surface area contributed by atoms with Crippen LogP contribution in [-0.4, -0.2) is 78.2 Å². The number of oxazole rings is 1. The minimum Gasteiger partial charge on any atom is -0.436 e. The summed E-state index contributed by atoms with van der Waals surface area (Å²) in [5.74, 6) is 1.81. The third kappa shape index (κ3) is 4.06. The fourth-order valence-electron chi connectivity index (χ4n) is 5.36. The molecule has 4 fully saturated rings. The van der Waals surface area contributed by atoms with Gasteiger partial charge < -0.3 is 24.7 Å². The lowest BCUT2D eigenvalue weighted by atomic mass is 10.1. The molecular weight excluding hydrogens is 470 g/mol. The second kappa shape index (κ2) is 8.67. The quantitative estimate of drug-likeness (QED) is 0.427. The maximum absolute atomic E-state index is 12.3. The highest BCUT2D eigenvalue weighted by atomic mass is 16.5. The summed E-state index contributed by atoms with van der Waals surface area (Å²) in [6.45, 7) is 3.51. The molecule has 3 saturated heterocycles. The molecule has 3 aliphatic heterocycles. The van der Waals surface area contributed by atoms with Gasteiger partial charge in [0.1, 0.15) is 17.2 Å². The van der Waals surface area contributed by atoms with Gasteiger partial charge in [-0.05, 0) is 44.2 Å². The molecule has 1 aromatic carbocycles. The summed E-state index contributed by atoms with van der Waals surface area (Å²) in [5, 5.41) is 7.75. The highest BCUT2D eigenvalue weighted by molar-refractivity contribution is 6.03. The van der Waals surface area contributed by atoms with Crippen molar-refractivity contribution in [3.63, 3.8) is 0 Å². The van der Waals surface area contributed by atoms with E-state index in [-0.39, 0.29) is 17.9 Å². The zero-order valence-electron chi connectivity index (χ0n) is 20.9. The van der Waals surface area contributed by atoms with Crippen LogP contribution in [0.1, 0.15) is 12.8 Å². The number of amides is 1. The number of ether oxygens (including phenoxy) is 1. The Kier molecular flexibility index (Phi) is 5.26. The summed E-state index contributed by atoms with van der Waals surface area (Å²) in [5.41, 5.74) is 3.37. The maximum atomic E-state index is 12.3. The van der Waals surface area contributed by atoms with Crippen LogP contribution in [0, 0.1) is 5.92 Å². The van der Waals surface area contributed by atoms with Gasteiger partial charge in [0.25, 0.3) is 0 Å². The molecule has 4 aromatic rings. The van der Waals surface area contributed by atoms with Gasteiger partial charge in [0, 0.05) is 61.5 Å². The minimum atomic E-state index is 0.0178. The Bertz CT molecular complexity index is 1510. The van der Waals surface area contributed by atoms with Gasteiger partial charge in [-0.1, -0.05) is 0 Å². The van der Waals surface area contributed by atoms with Crippen molar-refractivity contribution in [1.82, 2.24) is 19.9 Å². The monoisotopic (exact) mass is 499 g/mol. The van der Waals surface area contributed by atoms with Gasteiger partial charge in [-0.3, -0.25) is 9.69 Å². The summed E-state index contributed by atoms with van der Waals surface area (Å²) in [7, 11) is 4.00. The Morgan fingerprint density at radius 2 is 1.97 bits per heavy atom. The van der Waals surface area contributed by atoms with E-state index in [1.54, 1.807) is 12.4 Å². The molecule has 37 heavy (non-hydrogen) atoms. The first-order valence-corrected chi connectivity index (χ1v) is 12.8. The topological polar surface area (TPSA) is 109 Å². The molecule has 4 aliphatic rings. The Morgan fingerprint density at radius 1 is 1.08 bits per heavy atom. The van der Waals surface area contributed by atoms with Crippen molar-refractivity contribution < 1.29 is 13.9 Å². The van der Waals surface area contributed by atoms with E-state index in [1.165, 1.54) is 0 Å². The Labute approximate surface area is 214 Å². The number of benzene rings is 1.